The van der Waals surface area contributed by atoms with Crippen LogP contribution in [0, 0.1) is 25.2 Å². The van der Waals surface area contributed by atoms with Crippen LogP contribution in [0.3, 0.4) is 0 Å². The summed E-state index contributed by atoms with van der Waals surface area (Å²) in [7, 11) is -3.67. The molecule has 0 bridgehead atoms. The summed E-state index contributed by atoms with van der Waals surface area (Å²) >= 11 is 0. The summed E-state index contributed by atoms with van der Waals surface area (Å²) in [6.07, 6.45) is 0. The minimum atomic E-state index is -3.67. The van der Waals surface area contributed by atoms with Crippen molar-refractivity contribution in [2.45, 2.75) is 25.3 Å². The van der Waals surface area contributed by atoms with Gasteiger partial charge in [-0.3, -0.25) is 0 Å². The molecule has 0 spiro atoms. The lowest BCUT2D eigenvalue weighted by atomic mass is 10.0. The maximum absolute atomic E-state index is 12.9. The molecule has 2 aromatic rings. The van der Waals surface area contributed by atoms with Crippen molar-refractivity contribution < 1.29 is 18.4 Å². The summed E-state index contributed by atoms with van der Waals surface area (Å²) in [5.74, 6) is 0.295. The van der Waals surface area contributed by atoms with E-state index in [0.717, 1.165) is 16.7 Å². The molecule has 2 aromatic carbocycles. The molecule has 1 fully saturated rings. The largest absolute Gasteiger partial charge is 0.507 e. The number of nitrogens with zero attached hydrogens (tertiary/aromatic N) is 2. The Morgan fingerprint density at radius 2 is 1.78 bits per heavy atom. The molecule has 3 rings (SSSR count). The van der Waals surface area contributed by atoms with Gasteiger partial charge in [-0.15, -0.1) is 0 Å². The van der Waals surface area contributed by atoms with Crippen LogP contribution in [0.1, 0.15) is 22.3 Å². The number of piperazine rings is 1. The summed E-state index contributed by atoms with van der Waals surface area (Å²) in [5, 5.41) is 19.4. The van der Waals surface area contributed by atoms with Crippen LogP contribution in [-0.2, 0) is 16.6 Å². The third-order valence-electron chi connectivity index (χ3n) is 5.19. The minimum Gasteiger partial charge on any atom is -0.507 e. The molecule has 0 saturated carbocycles. The standard InChI is InChI=1S/C20H23N3O3S/c1-15-11-18(19(24)12-16(15)2)14-22-7-9-23(10-8-22)27(25,26)20-6-4-3-5-17(20)13-21/h3-6,11-12,24H,7-10,14H2,1-2H3/p+1. The van der Waals surface area contributed by atoms with Gasteiger partial charge >= 0.3 is 0 Å². The molecule has 1 heterocycles. The highest BCUT2D eigenvalue weighted by molar-refractivity contribution is 7.89. The predicted molar refractivity (Wildman–Crippen MR) is 102 cm³/mol. The number of aromatic hydroxyl groups is 1. The number of aryl methyl sites for hydroxylation is 2. The number of phenolic OH excluding ortho intramolecular Hbond substituents is 1. The van der Waals surface area contributed by atoms with E-state index in [1.54, 1.807) is 18.2 Å². The lowest BCUT2D eigenvalue weighted by molar-refractivity contribution is -0.917. The van der Waals surface area contributed by atoms with E-state index in [-0.39, 0.29) is 10.5 Å². The molecular weight excluding hydrogens is 362 g/mol. The first-order valence-electron chi connectivity index (χ1n) is 8.95. The van der Waals surface area contributed by atoms with Crippen molar-refractivity contribution in [3.8, 4) is 11.8 Å². The molecule has 27 heavy (non-hydrogen) atoms. The third kappa shape index (κ3) is 3.98. The van der Waals surface area contributed by atoms with Gasteiger partial charge in [0.15, 0.2) is 0 Å². The monoisotopic (exact) mass is 386 g/mol. The van der Waals surface area contributed by atoms with Crippen LogP contribution in [0.15, 0.2) is 41.3 Å². The van der Waals surface area contributed by atoms with E-state index in [1.807, 2.05) is 26.0 Å². The van der Waals surface area contributed by atoms with E-state index >= 15 is 0 Å². The highest BCUT2D eigenvalue weighted by atomic mass is 32.2. The van der Waals surface area contributed by atoms with E-state index in [9.17, 15) is 18.8 Å². The van der Waals surface area contributed by atoms with Crippen molar-refractivity contribution in [2.24, 2.45) is 0 Å². The second kappa shape index (κ2) is 7.69. The van der Waals surface area contributed by atoms with E-state index in [1.165, 1.54) is 21.3 Å². The van der Waals surface area contributed by atoms with E-state index < -0.39 is 10.0 Å². The second-order valence-electron chi connectivity index (χ2n) is 7.00. The molecule has 0 aromatic heterocycles. The van der Waals surface area contributed by atoms with Crippen LogP contribution in [0.5, 0.6) is 5.75 Å². The van der Waals surface area contributed by atoms with Crippen LogP contribution in [0.2, 0.25) is 0 Å². The van der Waals surface area contributed by atoms with Crippen molar-refractivity contribution in [1.29, 1.82) is 5.26 Å². The SMILES string of the molecule is Cc1cc(O)c(C[NH+]2CCN(S(=O)(=O)c3ccccc3C#N)CC2)cc1C. The second-order valence-corrected chi connectivity index (χ2v) is 8.91. The van der Waals surface area contributed by atoms with Gasteiger partial charge in [0.1, 0.15) is 18.4 Å². The summed E-state index contributed by atoms with van der Waals surface area (Å²) in [6.45, 7) is 6.74. The Balaban J connectivity index is 1.70. The van der Waals surface area contributed by atoms with Gasteiger partial charge in [-0.1, -0.05) is 12.1 Å². The Bertz CT molecular complexity index is 988. The molecule has 0 unspecified atom stereocenters. The molecule has 0 radical (unpaired) electrons. The molecule has 0 amide bonds. The number of sulfonamides is 1. The zero-order valence-corrected chi connectivity index (χ0v) is 16.4. The smallest absolute Gasteiger partial charge is 0.244 e. The fourth-order valence-corrected chi connectivity index (χ4v) is 5.00. The van der Waals surface area contributed by atoms with Gasteiger partial charge in [0, 0.05) is 5.56 Å². The average Bonchev–Trinajstić information content (AvgIpc) is 2.66. The third-order valence-corrected chi connectivity index (χ3v) is 7.15. The van der Waals surface area contributed by atoms with Gasteiger partial charge in [0.25, 0.3) is 0 Å². The maximum Gasteiger partial charge on any atom is 0.244 e. The molecule has 1 saturated heterocycles. The summed E-state index contributed by atoms with van der Waals surface area (Å²) in [5.41, 5.74) is 3.25. The lowest BCUT2D eigenvalue weighted by Gasteiger charge is -2.31. The molecule has 1 aliphatic rings. The molecule has 142 valence electrons. The fourth-order valence-electron chi connectivity index (χ4n) is 3.41. The van der Waals surface area contributed by atoms with E-state index in [2.05, 4.69) is 0 Å². The van der Waals surface area contributed by atoms with Crippen molar-refractivity contribution in [1.82, 2.24) is 4.31 Å². The number of benzene rings is 2. The van der Waals surface area contributed by atoms with E-state index in [4.69, 9.17) is 0 Å². The number of phenols is 1. The van der Waals surface area contributed by atoms with Crippen molar-refractivity contribution in [3.05, 3.63) is 58.7 Å². The Morgan fingerprint density at radius 3 is 2.44 bits per heavy atom. The lowest BCUT2D eigenvalue weighted by Crippen LogP contribution is -3.13. The van der Waals surface area contributed by atoms with Crippen molar-refractivity contribution >= 4 is 10.0 Å². The minimum absolute atomic E-state index is 0.0720. The Kier molecular flexibility index (Phi) is 5.51. The number of hydrogen-bond donors (Lipinski definition) is 2. The molecule has 0 atom stereocenters. The molecule has 6 nitrogen and oxygen atoms in total. The average molecular weight is 386 g/mol. The van der Waals surface area contributed by atoms with Gasteiger partial charge in [-0.2, -0.15) is 9.57 Å². The summed E-state index contributed by atoms with van der Waals surface area (Å²) < 4.78 is 27.2. The van der Waals surface area contributed by atoms with Gasteiger partial charge in [0.2, 0.25) is 10.0 Å². The normalized spacial score (nSPS) is 16.2. The topological polar surface area (TPSA) is 85.8 Å². The van der Waals surface area contributed by atoms with Crippen LogP contribution in [0.4, 0.5) is 0 Å². The molecule has 2 N–H and O–H groups in total. The van der Waals surface area contributed by atoms with Crippen LogP contribution < -0.4 is 4.90 Å². The predicted octanol–water partition coefficient (Wildman–Crippen LogP) is 0.970. The number of quaternary nitrogens is 1. The highest BCUT2D eigenvalue weighted by Crippen LogP contribution is 2.22. The molecule has 7 heteroatoms. The molecular formula is C20H24N3O3S+. The highest BCUT2D eigenvalue weighted by Gasteiger charge is 2.32. The van der Waals surface area contributed by atoms with Crippen LogP contribution in [-0.4, -0.2) is 44.0 Å². The maximum atomic E-state index is 12.9. The molecule has 0 aliphatic carbocycles. The van der Waals surface area contributed by atoms with Gasteiger partial charge in [0.05, 0.1) is 36.6 Å². The number of hydrogen-bond acceptors (Lipinski definition) is 4. The Labute approximate surface area is 160 Å². The zero-order valence-electron chi connectivity index (χ0n) is 15.6. The van der Waals surface area contributed by atoms with Gasteiger partial charge < -0.3 is 10.0 Å². The first-order valence-corrected chi connectivity index (χ1v) is 10.4. The number of nitrogens with one attached hydrogen (secondary N) is 1. The number of nitriles is 1. The fraction of sp³-hybridized carbons (Fsp3) is 0.350. The zero-order chi connectivity index (χ0) is 19.6. The number of rotatable bonds is 4. The Morgan fingerprint density at radius 1 is 1.15 bits per heavy atom. The van der Waals surface area contributed by atoms with E-state index in [0.29, 0.717) is 38.5 Å². The van der Waals surface area contributed by atoms with Crippen molar-refractivity contribution in [3.63, 3.8) is 0 Å². The van der Waals surface area contributed by atoms with Crippen molar-refractivity contribution in [2.75, 3.05) is 26.2 Å². The van der Waals surface area contributed by atoms with Gasteiger partial charge in [-0.25, -0.2) is 8.42 Å². The van der Waals surface area contributed by atoms with Crippen LogP contribution in [0.25, 0.3) is 0 Å². The molecule has 1 aliphatic heterocycles. The summed E-state index contributed by atoms with van der Waals surface area (Å²) in [4.78, 5) is 1.30. The summed E-state index contributed by atoms with van der Waals surface area (Å²) in [6, 6.07) is 12.1. The van der Waals surface area contributed by atoms with Gasteiger partial charge in [-0.05, 0) is 49.2 Å². The van der Waals surface area contributed by atoms with Crippen LogP contribution >= 0.6 is 0 Å². The quantitative estimate of drug-likeness (QED) is 0.820. The first-order chi connectivity index (χ1) is 12.8. The Hall–Kier alpha value is -2.40. The first kappa shape index (κ1) is 19.4.